The molecule has 0 saturated carbocycles. The highest BCUT2D eigenvalue weighted by molar-refractivity contribution is 7.98. The van der Waals surface area contributed by atoms with Crippen molar-refractivity contribution in [1.82, 2.24) is 15.2 Å². The Hall–Kier alpha value is -1.62. The van der Waals surface area contributed by atoms with E-state index >= 15 is 0 Å². The van der Waals surface area contributed by atoms with Crippen LogP contribution in [0.3, 0.4) is 0 Å². The fourth-order valence-electron chi connectivity index (χ4n) is 1.70. The van der Waals surface area contributed by atoms with Crippen LogP contribution >= 0.6 is 11.8 Å². The Morgan fingerprint density at radius 3 is 2.35 bits per heavy atom. The molecule has 1 aromatic heterocycles. The summed E-state index contributed by atoms with van der Waals surface area (Å²) < 4.78 is 0. The summed E-state index contributed by atoms with van der Waals surface area (Å²) in [7, 11) is 0. The molecule has 1 aromatic carbocycles. The zero-order valence-electron chi connectivity index (χ0n) is 12.2. The average molecular weight is 289 g/mol. The Bertz CT molecular complexity index is 641. The van der Waals surface area contributed by atoms with Crippen LogP contribution in [0.1, 0.15) is 37.6 Å². The van der Waals surface area contributed by atoms with Crippen molar-refractivity contribution in [1.29, 1.82) is 0 Å². The molecule has 0 spiro atoms. The second-order valence-corrected chi connectivity index (χ2v) is 6.74. The van der Waals surface area contributed by atoms with E-state index in [1.54, 1.807) is 6.92 Å². The van der Waals surface area contributed by atoms with Crippen molar-refractivity contribution >= 4 is 11.8 Å². The summed E-state index contributed by atoms with van der Waals surface area (Å²) in [6, 6.07) is 8.54. The van der Waals surface area contributed by atoms with E-state index in [2.05, 4.69) is 60.2 Å². The summed E-state index contributed by atoms with van der Waals surface area (Å²) >= 11 is 1.48. The summed E-state index contributed by atoms with van der Waals surface area (Å²) in [6.07, 6.45) is 0. The van der Waals surface area contributed by atoms with Gasteiger partial charge in [0.05, 0.1) is 0 Å². The van der Waals surface area contributed by atoms with Crippen LogP contribution in [0.15, 0.2) is 34.2 Å². The van der Waals surface area contributed by atoms with Gasteiger partial charge in [0.25, 0.3) is 5.56 Å². The molecule has 0 aliphatic rings. The van der Waals surface area contributed by atoms with Crippen molar-refractivity contribution in [3.8, 4) is 0 Å². The minimum absolute atomic E-state index is 0.166. The lowest BCUT2D eigenvalue weighted by Gasteiger charge is -2.19. The van der Waals surface area contributed by atoms with Gasteiger partial charge < -0.3 is 0 Å². The summed E-state index contributed by atoms with van der Waals surface area (Å²) in [5.74, 6) is 0.762. The monoisotopic (exact) mass is 289 g/mol. The van der Waals surface area contributed by atoms with Crippen LogP contribution in [0.25, 0.3) is 0 Å². The first kappa shape index (κ1) is 14.8. The molecule has 106 valence electrons. The van der Waals surface area contributed by atoms with Gasteiger partial charge in [-0.15, -0.1) is 10.2 Å². The smallest absolute Gasteiger partial charge is 0.273 e. The third kappa shape index (κ3) is 3.70. The van der Waals surface area contributed by atoms with Crippen LogP contribution in [0.4, 0.5) is 0 Å². The van der Waals surface area contributed by atoms with Crippen LogP contribution < -0.4 is 5.56 Å². The third-order valence-corrected chi connectivity index (χ3v) is 3.97. The van der Waals surface area contributed by atoms with Gasteiger partial charge in [0, 0.05) is 5.75 Å². The molecule has 0 fully saturated rings. The van der Waals surface area contributed by atoms with Crippen molar-refractivity contribution < 1.29 is 0 Å². The van der Waals surface area contributed by atoms with E-state index in [1.165, 1.54) is 22.9 Å². The van der Waals surface area contributed by atoms with Crippen LogP contribution in [-0.2, 0) is 11.2 Å². The van der Waals surface area contributed by atoms with Crippen molar-refractivity contribution in [2.75, 3.05) is 0 Å². The molecular weight excluding hydrogens is 270 g/mol. The number of hydrogen-bond donors (Lipinski definition) is 1. The van der Waals surface area contributed by atoms with Gasteiger partial charge in [-0.2, -0.15) is 0 Å². The molecule has 0 aliphatic carbocycles. The summed E-state index contributed by atoms with van der Waals surface area (Å²) in [5, 5.41) is 8.35. The lowest BCUT2D eigenvalue weighted by atomic mass is 9.87. The van der Waals surface area contributed by atoms with Crippen molar-refractivity contribution in [2.45, 2.75) is 44.0 Å². The van der Waals surface area contributed by atoms with E-state index in [0.29, 0.717) is 10.9 Å². The molecule has 0 amide bonds. The van der Waals surface area contributed by atoms with Crippen LogP contribution in [0.5, 0.6) is 0 Å². The zero-order chi connectivity index (χ0) is 14.8. The standard InChI is InChI=1S/C15H19N3OS/c1-10-13(19)16-14(18-17-10)20-9-11-5-7-12(8-6-11)15(2,3)4/h5-8H,9H2,1-4H3,(H,16,18,19). The highest BCUT2D eigenvalue weighted by Crippen LogP contribution is 2.24. The molecule has 2 aromatic rings. The molecule has 0 radical (unpaired) electrons. The largest absolute Gasteiger partial charge is 0.298 e. The first-order chi connectivity index (χ1) is 9.36. The molecule has 0 bridgehead atoms. The molecule has 0 aliphatic heterocycles. The van der Waals surface area contributed by atoms with Crippen molar-refractivity contribution in [3.63, 3.8) is 0 Å². The molecule has 0 saturated heterocycles. The predicted octanol–water partition coefficient (Wildman–Crippen LogP) is 3.06. The SMILES string of the molecule is Cc1nnc(SCc2ccc(C(C)(C)C)cc2)[nH]c1=O. The maximum absolute atomic E-state index is 11.4. The van der Waals surface area contributed by atoms with Gasteiger partial charge in [0.1, 0.15) is 5.69 Å². The maximum Gasteiger partial charge on any atom is 0.273 e. The molecule has 0 atom stereocenters. The number of nitrogens with zero attached hydrogens (tertiary/aromatic N) is 2. The van der Waals surface area contributed by atoms with Gasteiger partial charge in [-0.25, -0.2) is 0 Å². The second-order valence-electron chi connectivity index (χ2n) is 5.78. The van der Waals surface area contributed by atoms with Gasteiger partial charge >= 0.3 is 0 Å². The minimum atomic E-state index is -0.175. The van der Waals surface area contributed by atoms with E-state index in [1.807, 2.05) is 0 Å². The molecule has 4 nitrogen and oxygen atoms in total. The van der Waals surface area contributed by atoms with E-state index in [-0.39, 0.29) is 11.0 Å². The summed E-state index contributed by atoms with van der Waals surface area (Å²) in [6.45, 7) is 8.24. The number of nitrogens with one attached hydrogen (secondary N) is 1. The molecule has 1 N–H and O–H groups in total. The summed E-state index contributed by atoms with van der Waals surface area (Å²) in [5.41, 5.74) is 2.90. The van der Waals surface area contributed by atoms with E-state index < -0.39 is 0 Å². The molecule has 5 heteroatoms. The van der Waals surface area contributed by atoms with Crippen LogP contribution in [-0.4, -0.2) is 15.2 Å². The zero-order valence-corrected chi connectivity index (χ0v) is 13.0. The molecule has 2 rings (SSSR count). The van der Waals surface area contributed by atoms with Crippen molar-refractivity contribution in [2.24, 2.45) is 0 Å². The normalized spacial score (nSPS) is 11.6. The molecule has 1 heterocycles. The average Bonchev–Trinajstić information content (AvgIpc) is 2.40. The van der Waals surface area contributed by atoms with Crippen LogP contribution in [0.2, 0.25) is 0 Å². The minimum Gasteiger partial charge on any atom is -0.298 e. The Morgan fingerprint density at radius 2 is 1.80 bits per heavy atom. The topological polar surface area (TPSA) is 58.6 Å². The first-order valence-electron chi connectivity index (χ1n) is 6.52. The predicted molar refractivity (Wildman–Crippen MR) is 82.1 cm³/mol. The Labute approximate surface area is 123 Å². The molecule has 20 heavy (non-hydrogen) atoms. The summed E-state index contributed by atoms with van der Waals surface area (Å²) in [4.78, 5) is 14.2. The molecule has 0 unspecified atom stereocenters. The number of thioether (sulfide) groups is 1. The quantitative estimate of drug-likeness (QED) is 0.882. The fourth-order valence-corrected chi connectivity index (χ4v) is 2.46. The van der Waals surface area contributed by atoms with E-state index in [9.17, 15) is 4.79 Å². The maximum atomic E-state index is 11.4. The number of benzene rings is 1. The van der Waals surface area contributed by atoms with Gasteiger partial charge in [-0.1, -0.05) is 56.8 Å². The Kier molecular flexibility index (Phi) is 4.28. The first-order valence-corrected chi connectivity index (χ1v) is 7.50. The number of aryl methyl sites for hydroxylation is 1. The molecular formula is C15H19N3OS. The number of rotatable bonds is 3. The van der Waals surface area contributed by atoms with Gasteiger partial charge in [0.2, 0.25) is 0 Å². The third-order valence-electron chi connectivity index (χ3n) is 3.04. The van der Waals surface area contributed by atoms with Crippen LogP contribution in [0, 0.1) is 6.92 Å². The van der Waals surface area contributed by atoms with Gasteiger partial charge in [-0.3, -0.25) is 9.78 Å². The fraction of sp³-hybridized carbons (Fsp3) is 0.400. The van der Waals surface area contributed by atoms with Crippen molar-refractivity contribution in [3.05, 3.63) is 51.4 Å². The number of aromatic amines is 1. The Morgan fingerprint density at radius 1 is 1.15 bits per heavy atom. The Balaban J connectivity index is 2.04. The van der Waals surface area contributed by atoms with E-state index in [4.69, 9.17) is 0 Å². The van der Waals surface area contributed by atoms with Gasteiger partial charge in [0.15, 0.2) is 5.16 Å². The highest BCUT2D eigenvalue weighted by atomic mass is 32.2. The number of H-pyrrole nitrogens is 1. The lowest BCUT2D eigenvalue weighted by Crippen LogP contribution is -2.14. The highest BCUT2D eigenvalue weighted by Gasteiger charge is 2.12. The second kappa shape index (κ2) is 5.79. The van der Waals surface area contributed by atoms with E-state index in [0.717, 1.165) is 5.75 Å². The number of aromatic nitrogens is 3. The lowest BCUT2D eigenvalue weighted by molar-refractivity contribution is 0.590. The number of hydrogen-bond acceptors (Lipinski definition) is 4. The van der Waals surface area contributed by atoms with Gasteiger partial charge in [-0.05, 0) is 23.5 Å².